The number of aryl methyl sites for hydroxylation is 1. The lowest BCUT2D eigenvalue weighted by atomic mass is 9.97. The third-order valence-corrected chi connectivity index (χ3v) is 5.22. The van der Waals surface area contributed by atoms with E-state index in [2.05, 4.69) is 15.1 Å². The van der Waals surface area contributed by atoms with Gasteiger partial charge in [-0.2, -0.15) is 0 Å². The summed E-state index contributed by atoms with van der Waals surface area (Å²) in [5, 5.41) is 2.92. The molecule has 0 aliphatic carbocycles. The molecule has 1 fully saturated rings. The van der Waals surface area contributed by atoms with Crippen LogP contribution in [0.25, 0.3) is 16.7 Å². The Balaban J connectivity index is 1.44. The average Bonchev–Trinajstić information content (AvgIpc) is 3.31. The molecule has 3 aromatic heterocycles. The largest absolute Gasteiger partial charge is 0.440 e. The van der Waals surface area contributed by atoms with E-state index in [1.807, 2.05) is 31.2 Å². The van der Waals surface area contributed by atoms with Gasteiger partial charge in [0.2, 0.25) is 0 Å². The Labute approximate surface area is 159 Å². The molecule has 1 amide bonds. The molecule has 1 unspecified atom stereocenters. The first-order chi connectivity index (χ1) is 13.6. The van der Waals surface area contributed by atoms with Crippen LogP contribution in [0.3, 0.4) is 0 Å². The standard InChI is InChI=1S/C20H19N5O3/c1-12-9-17-21-10-14(20(27)25(17)23-12)19(26)24-8-4-5-13(11-24)18-22-15-6-2-3-7-16(15)28-18/h2-3,6-7,9-10,13,23H,4-5,8,11H2,1H3. The summed E-state index contributed by atoms with van der Waals surface area (Å²) < 4.78 is 7.20. The van der Waals surface area contributed by atoms with E-state index < -0.39 is 0 Å². The van der Waals surface area contributed by atoms with E-state index in [4.69, 9.17) is 4.42 Å². The molecular formula is C20H19N5O3. The molecule has 0 bridgehead atoms. The van der Waals surface area contributed by atoms with E-state index in [0.717, 1.165) is 29.6 Å². The number of likely N-dealkylation sites (tertiary alicyclic amines) is 1. The summed E-state index contributed by atoms with van der Waals surface area (Å²) in [6, 6.07) is 9.39. The van der Waals surface area contributed by atoms with Crippen molar-refractivity contribution < 1.29 is 9.21 Å². The number of carbonyl (C=O) groups excluding carboxylic acids is 1. The molecule has 1 aliphatic heterocycles. The van der Waals surface area contributed by atoms with Crippen molar-refractivity contribution in [1.29, 1.82) is 0 Å². The lowest BCUT2D eigenvalue weighted by molar-refractivity contribution is 0.0696. The lowest BCUT2D eigenvalue weighted by Crippen LogP contribution is -2.41. The number of hydrogen-bond donors (Lipinski definition) is 1. The van der Waals surface area contributed by atoms with Gasteiger partial charge in [0.25, 0.3) is 11.5 Å². The van der Waals surface area contributed by atoms with Crippen LogP contribution in [0.2, 0.25) is 0 Å². The first-order valence-electron chi connectivity index (χ1n) is 9.32. The van der Waals surface area contributed by atoms with Crippen molar-refractivity contribution >= 4 is 22.7 Å². The van der Waals surface area contributed by atoms with Gasteiger partial charge in [0.1, 0.15) is 11.1 Å². The summed E-state index contributed by atoms with van der Waals surface area (Å²) in [5.41, 5.74) is 2.56. The van der Waals surface area contributed by atoms with E-state index in [1.54, 1.807) is 11.0 Å². The molecule has 1 N–H and O–H groups in total. The van der Waals surface area contributed by atoms with Gasteiger partial charge < -0.3 is 9.32 Å². The summed E-state index contributed by atoms with van der Waals surface area (Å²) >= 11 is 0. The van der Waals surface area contributed by atoms with Crippen LogP contribution in [0.5, 0.6) is 0 Å². The number of fused-ring (bicyclic) bond motifs is 2. The van der Waals surface area contributed by atoms with Crippen molar-refractivity contribution in [1.82, 2.24) is 24.5 Å². The van der Waals surface area contributed by atoms with Gasteiger partial charge in [-0.1, -0.05) is 12.1 Å². The van der Waals surface area contributed by atoms with Gasteiger partial charge in [0, 0.05) is 31.0 Å². The second-order valence-corrected chi connectivity index (χ2v) is 7.22. The molecule has 8 nitrogen and oxygen atoms in total. The van der Waals surface area contributed by atoms with Gasteiger partial charge in [-0.25, -0.2) is 14.5 Å². The van der Waals surface area contributed by atoms with Crippen LogP contribution in [0, 0.1) is 6.92 Å². The van der Waals surface area contributed by atoms with Crippen LogP contribution in [0.4, 0.5) is 0 Å². The third-order valence-electron chi connectivity index (χ3n) is 5.22. The Hall–Kier alpha value is -3.42. The van der Waals surface area contributed by atoms with Crippen LogP contribution >= 0.6 is 0 Å². The molecule has 8 heteroatoms. The molecule has 142 valence electrons. The Morgan fingerprint density at radius 3 is 3.04 bits per heavy atom. The molecule has 28 heavy (non-hydrogen) atoms. The monoisotopic (exact) mass is 377 g/mol. The normalized spacial score (nSPS) is 17.5. The Kier molecular flexibility index (Phi) is 3.78. The smallest absolute Gasteiger partial charge is 0.285 e. The predicted octanol–water partition coefficient (Wildman–Crippen LogP) is 2.49. The van der Waals surface area contributed by atoms with Crippen molar-refractivity contribution in [2.45, 2.75) is 25.7 Å². The van der Waals surface area contributed by atoms with Gasteiger partial charge in [-0.15, -0.1) is 0 Å². The van der Waals surface area contributed by atoms with Crippen molar-refractivity contribution in [2.24, 2.45) is 0 Å². The van der Waals surface area contributed by atoms with Crippen LogP contribution in [0.15, 0.2) is 45.7 Å². The molecule has 0 spiro atoms. The number of rotatable bonds is 2. The van der Waals surface area contributed by atoms with E-state index in [0.29, 0.717) is 24.6 Å². The zero-order valence-electron chi connectivity index (χ0n) is 15.4. The number of piperidine rings is 1. The van der Waals surface area contributed by atoms with Crippen molar-refractivity contribution in [3.63, 3.8) is 0 Å². The van der Waals surface area contributed by atoms with E-state index >= 15 is 0 Å². The highest BCUT2D eigenvalue weighted by atomic mass is 16.3. The van der Waals surface area contributed by atoms with Gasteiger partial charge in [-0.05, 0) is 31.9 Å². The lowest BCUT2D eigenvalue weighted by Gasteiger charge is -2.31. The second kappa shape index (κ2) is 6.33. The average molecular weight is 377 g/mol. The summed E-state index contributed by atoms with van der Waals surface area (Å²) in [4.78, 5) is 36.2. The van der Waals surface area contributed by atoms with E-state index in [1.165, 1.54) is 10.7 Å². The molecule has 0 radical (unpaired) electrons. The molecule has 4 heterocycles. The second-order valence-electron chi connectivity index (χ2n) is 7.22. The minimum atomic E-state index is -0.382. The first-order valence-corrected chi connectivity index (χ1v) is 9.32. The van der Waals surface area contributed by atoms with Gasteiger partial charge in [-0.3, -0.25) is 14.7 Å². The number of H-pyrrole nitrogens is 1. The highest BCUT2D eigenvalue weighted by molar-refractivity contribution is 5.93. The minimum absolute atomic E-state index is 0.0114. The maximum absolute atomic E-state index is 13.0. The van der Waals surface area contributed by atoms with Crippen molar-refractivity contribution in [2.75, 3.05) is 13.1 Å². The van der Waals surface area contributed by atoms with Gasteiger partial charge >= 0.3 is 0 Å². The van der Waals surface area contributed by atoms with Crippen LogP contribution in [-0.4, -0.2) is 43.5 Å². The maximum Gasteiger partial charge on any atom is 0.285 e. The van der Waals surface area contributed by atoms with E-state index in [-0.39, 0.29) is 22.9 Å². The fraction of sp³-hybridized carbons (Fsp3) is 0.300. The number of aromatic amines is 1. The highest BCUT2D eigenvalue weighted by Gasteiger charge is 2.30. The molecular weight excluding hydrogens is 358 g/mol. The molecule has 1 saturated heterocycles. The van der Waals surface area contributed by atoms with Crippen LogP contribution < -0.4 is 5.56 Å². The number of nitrogens with zero attached hydrogens (tertiary/aromatic N) is 4. The number of carbonyl (C=O) groups is 1. The summed E-state index contributed by atoms with van der Waals surface area (Å²) in [7, 11) is 0. The quantitative estimate of drug-likeness (QED) is 0.579. The number of benzene rings is 1. The fourth-order valence-electron chi connectivity index (χ4n) is 3.83. The van der Waals surface area contributed by atoms with Crippen molar-refractivity contribution in [3.8, 4) is 0 Å². The van der Waals surface area contributed by atoms with Crippen LogP contribution in [-0.2, 0) is 0 Å². The predicted molar refractivity (Wildman–Crippen MR) is 102 cm³/mol. The van der Waals surface area contributed by atoms with Gasteiger partial charge in [0.05, 0.1) is 5.92 Å². The zero-order chi connectivity index (χ0) is 19.3. The molecule has 1 aliphatic rings. The zero-order valence-corrected chi connectivity index (χ0v) is 15.4. The fourth-order valence-corrected chi connectivity index (χ4v) is 3.83. The summed E-state index contributed by atoms with van der Waals surface area (Å²) in [5.74, 6) is 0.348. The summed E-state index contributed by atoms with van der Waals surface area (Å²) in [6.07, 6.45) is 3.09. The number of para-hydroxylation sites is 2. The third kappa shape index (κ3) is 2.69. The Bertz CT molecular complexity index is 1220. The SMILES string of the molecule is Cc1cc2ncc(C(=O)N3CCCC(c4nc5ccccc5o4)C3)c(=O)n2[nH]1. The Morgan fingerprint density at radius 1 is 1.32 bits per heavy atom. The molecule has 1 atom stereocenters. The first kappa shape index (κ1) is 16.7. The van der Waals surface area contributed by atoms with Gasteiger partial charge in [0.15, 0.2) is 17.1 Å². The van der Waals surface area contributed by atoms with Crippen LogP contribution in [0.1, 0.15) is 40.7 Å². The van der Waals surface area contributed by atoms with Crippen molar-refractivity contribution in [3.05, 3.63) is 64.0 Å². The number of oxazole rings is 1. The number of amides is 1. The number of aromatic nitrogens is 4. The molecule has 1 aromatic carbocycles. The molecule has 0 saturated carbocycles. The molecule has 4 aromatic rings. The minimum Gasteiger partial charge on any atom is -0.440 e. The Morgan fingerprint density at radius 2 is 2.18 bits per heavy atom. The number of hydrogen-bond acceptors (Lipinski definition) is 5. The topological polar surface area (TPSA) is 96.5 Å². The summed E-state index contributed by atoms with van der Waals surface area (Å²) in [6.45, 7) is 2.91. The maximum atomic E-state index is 13.0. The molecule has 5 rings (SSSR count). The van der Waals surface area contributed by atoms with E-state index in [9.17, 15) is 9.59 Å². The number of nitrogens with one attached hydrogen (secondary N) is 1. The highest BCUT2D eigenvalue weighted by Crippen LogP contribution is 2.29.